The number of urea groups is 1. The van der Waals surface area contributed by atoms with Crippen molar-refractivity contribution in [2.75, 3.05) is 16.8 Å². The number of carbonyl (C=O) groups is 2. The SMILES string of the molecule is Cc1cc(C)cc(N2CCC(NC(=O)Nc3ccccc3C)C2=O)c1. The number of para-hydroxylation sites is 1. The van der Waals surface area contributed by atoms with Gasteiger partial charge in [-0.15, -0.1) is 0 Å². The van der Waals surface area contributed by atoms with Crippen LogP contribution in [0.5, 0.6) is 0 Å². The largest absolute Gasteiger partial charge is 0.326 e. The van der Waals surface area contributed by atoms with Crippen LogP contribution in [0.25, 0.3) is 0 Å². The summed E-state index contributed by atoms with van der Waals surface area (Å²) in [6, 6.07) is 12.8. The van der Waals surface area contributed by atoms with Gasteiger partial charge in [-0.05, 0) is 62.1 Å². The number of nitrogens with one attached hydrogen (secondary N) is 2. The molecule has 0 bridgehead atoms. The van der Waals surface area contributed by atoms with Crippen LogP contribution in [0.2, 0.25) is 0 Å². The zero-order valence-corrected chi connectivity index (χ0v) is 14.8. The molecule has 0 aromatic heterocycles. The quantitative estimate of drug-likeness (QED) is 0.900. The standard InChI is InChI=1S/C20H23N3O2/c1-13-10-14(2)12-16(11-13)23-9-8-18(19(23)24)22-20(25)21-17-7-5-4-6-15(17)3/h4-7,10-12,18H,8-9H2,1-3H3,(H2,21,22,25). The Morgan fingerprint density at radius 2 is 1.76 bits per heavy atom. The number of hydrogen-bond acceptors (Lipinski definition) is 2. The third-order valence-electron chi connectivity index (χ3n) is 4.42. The van der Waals surface area contributed by atoms with Gasteiger partial charge in [0.2, 0.25) is 5.91 Å². The number of hydrogen-bond donors (Lipinski definition) is 2. The van der Waals surface area contributed by atoms with Gasteiger partial charge in [-0.25, -0.2) is 4.79 Å². The second-order valence-corrected chi connectivity index (χ2v) is 6.59. The van der Waals surface area contributed by atoms with Gasteiger partial charge in [-0.2, -0.15) is 0 Å². The fourth-order valence-corrected chi connectivity index (χ4v) is 3.21. The minimum absolute atomic E-state index is 0.0649. The van der Waals surface area contributed by atoms with E-state index in [1.165, 1.54) is 0 Å². The lowest BCUT2D eigenvalue weighted by atomic mass is 10.1. The van der Waals surface area contributed by atoms with Crippen LogP contribution in [0.3, 0.4) is 0 Å². The Morgan fingerprint density at radius 1 is 1.08 bits per heavy atom. The Balaban J connectivity index is 1.66. The molecule has 130 valence electrons. The molecule has 25 heavy (non-hydrogen) atoms. The summed E-state index contributed by atoms with van der Waals surface area (Å²) >= 11 is 0. The van der Waals surface area contributed by atoms with Crippen LogP contribution in [-0.4, -0.2) is 24.5 Å². The smallest absolute Gasteiger partial charge is 0.319 e. The van der Waals surface area contributed by atoms with E-state index in [1.54, 1.807) is 4.90 Å². The van der Waals surface area contributed by atoms with Gasteiger partial charge in [0.05, 0.1) is 0 Å². The number of carbonyl (C=O) groups excluding carboxylic acids is 2. The first kappa shape index (κ1) is 17.0. The number of nitrogens with zero attached hydrogens (tertiary/aromatic N) is 1. The summed E-state index contributed by atoms with van der Waals surface area (Å²) in [5.74, 6) is -0.0649. The zero-order chi connectivity index (χ0) is 18.0. The molecule has 0 spiro atoms. The maximum absolute atomic E-state index is 12.7. The summed E-state index contributed by atoms with van der Waals surface area (Å²) in [5.41, 5.74) is 4.86. The predicted molar refractivity (Wildman–Crippen MR) is 100 cm³/mol. The average molecular weight is 337 g/mol. The van der Waals surface area contributed by atoms with Crippen LogP contribution in [0, 0.1) is 20.8 Å². The molecule has 1 aliphatic heterocycles. The first-order valence-electron chi connectivity index (χ1n) is 8.47. The summed E-state index contributed by atoms with van der Waals surface area (Å²) in [6.07, 6.45) is 0.604. The van der Waals surface area contributed by atoms with Crippen molar-refractivity contribution in [3.63, 3.8) is 0 Å². The van der Waals surface area contributed by atoms with Crippen LogP contribution < -0.4 is 15.5 Å². The number of benzene rings is 2. The average Bonchev–Trinajstić information content (AvgIpc) is 2.89. The van der Waals surface area contributed by atoms with Crippen molar-refractivity contribution in [3.05, 3.63) is 59.2 Å². The number of rotatable bonds is 3. The van der Waals surface area contributed by atoms with Crippen LogP contribution in [0.15, 0.2) is 42.5 Å². The summed E-state index contributed by atoms with van der Waals surface area (Å²) in [5, 5.41) is 5.60. The molecule has 2 aromatic carbocycles. The van der Waals surface area contributed by atoms with Gasteiger partial charge in [0, 0.05) is 17.9 Å². The van der Waals surface area contributed by atoms with Gasteiger partial charge >= 0.3 is 6.03 Å². The topological polar surface area (TPSA) is 61.4 Å². The highest BCUT2D eigenvalue weighted by molar-refractivity contribution is 6.02. The number of anilines is 2. The molecule has 1 fully saturated rings. The van der Waals surface area contributed by atoms with E-state index in [1.807, 2.05) is 57.2 Å². The zero-order valence-electron chi connectivity index (χ0n) is 14.8. The summed E-state index contributed by atoms with van der Waals surface area (Å²) in [6.45, 7) is 6.57. The monoisotopic (exact) mass is 337 g/mol. The van der Waals surface area contributed by atoms with Crippen LogP contribution >= 0.6 is 0 Å². The molecule has 2 aromatic rings. The molecule has 0 aliphatic carbocycles. The van der Waals surface area contributed by atoms with Gasteiger partial charge in [-0.3, -0.25) is 4.79 Å². The summed E-state index contributed by atoms with van der Waals surface area (Å²) in [7, 11) is 0. The number of aryl methyl sites for hydroxylation is 3. The Labute approximate surface area is 148 Å². The van der Waals surface area contributed by atoms with E-state index in [0.717, 1.165) is 28.1 Å². The van der Waals surface area contributed by atoms with E-state index in [0.29, 0.717) is 13.0 Å². The molecule has 0 radical (unpaired) electrons. The van der Waals surface area contributed by atoms with Crippen molar-refractivity contribution < 1.29 is 9.59 Å². The molecule has 5 nitrogen and oxygen atoms in total. The van der Waals surface area contributed by atoms with Gasteiger partial charge < -0.3 is 15.5 Å². The van der Waals surface area contributed by atoms with Crippen LogP contribution in [0.1, 0.15) is 23.1 Å². The fourth-order valence-electron chi connectivity index (χ4n) is 3.21. The van der Waals surface area contributed by atoms with E-state index in [9.17, 15) is 9.59 Å². The van der Waals surface area contributed by atoms with E-state index < -0.39 is 6.04 Å². The molecule has 1 heterocycles. The van der Waals surface area contributed by atoms with E-state index in [2.05, 4.69) is 16.7 Å². The molecule has 1 atom stereocenters. The van der Waals surface area contributed by atoms with E-state index >= 15 is 0 Å². The lowest BCUT2D eigenvalue weighted by Crippen LogP contribution is -2.43. The van der Waals surface area contributed by atoms with Gasteiger partial charge in [0.15, 0.2) is 0 Å². The molecule has 0 saturated carbocycles. The second kappa shape index (κ2) is 6.97. The Bertz CT molecular complexity index is 796. The van der Waals surface area contributed by atoms with Crippen molar-refractivity contribution in [2.45, 2.75) is 33.2 Å². The lowest BCUT2D eigenvalue weighted by molar-refractivity contribution is -0.118. The first-order valence-corrected chi connectivity index (χ1v) is 8.47. The Hall–Kier alpha value is -2.82. The minimum atomic E-state index is -0.496. The van der Waals surface area contributed by atoms with Crippen molar-refractivity contribution in [1.82, 2.24) is 5.32 Å². The predicted octanol–water partition coefficient (Wildman–Crippen LogP) is 3.54. The highest BCUT2D eigenvalue weighted by Gasteiger charge is 2.33. The Kier molecular flexibility index (Phi) is 4.74. The molecule has 5 heteroatoms. The molecule has 1 aliphatic rings. The third-order valence-corrected chi connectivity index (χ3v) is 4.42. The molecular formula is C20H23N3O2. The fraction of sp³-hybridized carbons (Fsp3) is 0.300. The van der Waals surface area contributed by atoms with Crippen molar-refractivity contribution in [2.24, 2.45) is 0 Å². The highest BCUT2D eigenvalue weighted by atomic mass is 16.2. The van der Waals surface area contributed by atoms with Gasteiger partial charge in [-0.1, -0.05) is 24.3 Å². The maximum Gasteiger partial charge on any atom is 0.319 e. The van der Waals surface area contributed by atoms with E-state index in [4.69, 9.17) is 0 Å². The van der Waals surface area contributed by atoms with Crippen molar-refractivity contribution in [1.29, 1.82) is 0 Å². The highest BCUT2D eigenvalue weighted by Crippen LogP contribution is 2.24. The molecular weight excluding hydrogens is 314 g/mol. The van der Waals surface area contributed by atoms with Crippen molar-refractivity contribution in [3.8, 4) is 0 Å². The molecule has 1 saturated heterocycles. The Morgan fingerprint density at radius 3 is 2.44 bits per heavy atom. The van der Waals surface area contributed by atoms with E-state index in [-0.39, 0.29) is 11.9 Å². The minimum Gasteiger partial charge on any atom is -0.326 e. The van der Waals surface area contributed by atoms with Crippen LogP contribution in [0.4, 0.5) is 16.2 Å². The molecule has 2 N–H and O–H groups in total. The third kappa shape index (κ3) is 3.82. The van der Waals surface area contributed by atoms with Gasteiger partial charge in [0.1, 0.15) is 6.04 Å². The molecule has 3 rings (SSSR count). The molecule has 3 amide bonds. The van der Waals surface area contributed by atoms with Gasteiger partial charge in [0.25, 0.3) is 0 Å². The molecule has 1 unspecified atom stereocenters. The number of amides is 3. The summed E-state index contributed by atoms with van der Waals surface area (Å²) in [4.78, 5) is 26.6. The van der Waals surface area contributed by atoms with Crippen molar-refractivity contribution >= 4 is 23.3 Å². The van der Waals surface area contributed by atoms with Crippen LogP contribution in [-0.2, 0) is 4.79 Å². The normalized spacial score (nSPS) is 16.8. The second-order valence-electron chi connectivity index (χ2n) is 6.59. The lowest BCUT2D eigenvalue weighted by Gasteiger charge is -2.19. The summed E-state index contributed by atoms with van der Waals surface area (Å²) < 4.78 is 0. The first-order chi connectivity index (χ1) is 11.9. The maximum atomic E-state index is 12.7.